The van der Waals surface area contributed by atoms with Gasteiger partial charge in [0.15, 0.2) is 12.0 Å². The molecule has 0 aliphatic rings. The summed E-state index contributed by atoms with van der Waals surface area (Å²) >= 11 is 0. The fourth-order valence-corrected chi connectivity index (χ4v) is 0.604. The van der Waals surface area contributed by atoms with E-state index in [-0.39, 0.29) is 11.8 Å². The summed E-state index contributed by atoms with van der Waals surface area (Å²) in [6, 6.07) is 0. The molecule has 0 aromatic carbocycles. The first kappa shape index (κ1) is 7.78. The lowest BCUT2D eigenvalue weighted by molar-refractivity contribution is 0.0371. The molecular weight excluding hydrogens is 144 g/mol. The molecule has 0 fully saturated rings. The van der Waals surface area contributed by atoms with E-state index in [0.29, 0.717) is 0 Å². The summed E-state index contributed by atoms with van der Waals surface area (Å²) in [4.78, 5) is 17.2. The molecule has 0 saturated carbocycles. The molecule has 0 aliphatic carbocycles. The van der Waals surface area contributed by atoms with Crippen molar-refractivity contribution in [1.29, 1.82) is 0 Å². The Labute approximate surface area is 64.6 Å². The van der Waals surface area contributed by atoms with Gasteiger partial charge < -0.3 is 9.72 Å². The Kier molecular flexibility index (Phi) is 2.25. The fourth-order valence-electron chi connectivity index (χ4n) is 0.604. The smallest absolute Gasteiger partial charge is 0.358 e. The van der Waals surface area contributed by atoms with Crippen LogP contribution in [0.3, 0.4) is 0 Å². The molecule has 0 amide bonds. The minimum Gasteiger partial charge on any atom is -0.458 e. The minimum absolute atomic E-state index is 0.112. The molecule has 0 saturated heterocycles. The van der Waals surface area contributed by atoms with E-state index in [4.69, 9.17) is 4.74 Å². The van der Waals surface area contributed by atoms with Crippen LogP contribution in [0, 0.1) is 6.33 Å². The van der Waals surface area contributed by atoms with Gasteiger partial charge in [-0.25, -0.2) is 9.78 Å². The summed E-state index contributed by atoms with van der Waals surface area (Å²) in [6.45, 7) is 3.57. The lowest BCUT2D eigenvalue weighted by Crippen LogP contribution is -2.11. The molecule has 4 heteroatoms. The van der Waals surface area contributed by atoms with Gasteiger partial charge >= 0.3 is 5.97 Å². The molecule has 59 valence electrons. The van der Waals surface area contributed by atoms with Crippen LogP contribution in [0.25, 0.3) is 0 Å². The monoisotopic (exact) mass is 153 g/mol. The van der Waals surface area contributed by atoms with E-state index in [1.807, 2.05) is 0 Å². The zero-order valence-corrected chi connectivity index (χ0v) is 6.42. The second-order valence-electron chi connectivity index (χ2n) is 2.35. The second kappa shape index (κ2) is 3.18. The molecule has 0 bridgehead atoms. The average molecular weight is 153 g/mol. The highest BCUT2D eigenvalue weighted by Gasteiger charge is 2.09. The molecule has 1 heterocycles. The Hall–Kier alpha value is -1.32. The molecule has 11 heavy (non-hydrogen) atoms. The quantitative estimate of drug-likeness (QED) is 0.638. The number of ether oxygens (including phenoxy) is 1. The molecule has 1 aromatic rings. The summed E-state index contributed by atoms with van der Waals surface area (Å²) in [5, 5.41) is 0. The standard InChI is InChI=1S/C7H9N2O2/c1-5(2)11-7(10)6-3-8-4-9-6/h3,5H,1-2H3,(H,8,9). The summed E-state index contributed by atoms with van der Waals surface area (Å²) in [6.07, 6.45) is 3.75. The van der Waals surface area contributed by atoms with Crippen molar-refractivity contribution in [2.45, 2.75) is 20.0 Å². The molecule has 0 aliphatic heterocycles. The van der Waals surface area contributed by atoms with Crippen LogP contribution >= 0.6 is 0 Å². The lowest BCUT2D eigenvalue weighted by atomic mass is 10.4. The first-order chi connectivity index (χ1) is 5.20. The number of H-pyrrole nitrogens is 1. The number of rotatable bonds is 2. The zero-order valence-electron chi connectivity index (χ0n) is 6.42. The number of aromatic nitrogens is 2. The van der Waals surface area contributed by atoms with Crippen molar-refractivity contribution in [3.05, 3.63) is 18.2 Å². The minimum atomic E-state index is -0.419. The number of carbonyl (C=O) groups excluding carboxylic acids is 1. The van der Waals surface area contributed by atoms with Crippen LogP contribution in [0.4, 0.5) is 0 Å². The van der Waals surface area contributed by atoms with Crippen molar-refractivity contribution in [2.24, 2.45) is 0 Å². The molecule has 1 radical (unpaired) electrons. The third-order valence-electron chi connectivity index (χ3n) is 1.00. The Morgan fingerprint density at radius 2 is 2.55 bits per heavy atom. The number of nitrogens with one attached hydrogen (secondary N) is 1. The zero-order chi connectivity index (χ0) is 8.27. The molecule has 0 unspecified atom stereocenters. The van der Waals surface area contributed by atoms with Gasteiger partial charge in [-0.1, -0.05) is 0 Å². The second-order valence-corrected chi connectivity index (χ2v) is 2.35. The Morgan fingerprint density at radius 3 is 3.00 bits per heavy atom. The predicted molar refractivity (Wildman–Crippen MR) is 38.0 cm³/mol. The van der Waals surface area contributed by atoms with E-state index in [1.54, 1.807) is 13.8 Å². The SMILES string of the molecule is CC(C)OC(=O)c1c[nH][c]n1. The molecule has 1 rings (SSSR count). The van der Waals surface area contributed by atoms with Crippen LogP contribution in [-0.2, 0) is 4.74 Å². The van der Waals surface area contributed by atoms with Crippen LogP contribution in [0.5, 0.6) is 0 Å². The third-order valence-corrected chi connectivity index (χ3v) is 1.00. The van der Waals surface area contributed by atoms with Crippen LogP contribution in [0.2, 0.25) is 0 Å². The summed E-state index contributed by atoms with van der Waals surface area (Å²) in [5.74, 6) is -0.419. The number of carbonyl (C=O) groups is 1. The third kappa shape index (κ3) is 2.07. The number of nitrogens with zero attached hydrogens (tertiary/aromatic N) is 1. The van der Waals surface area contributed by atoms with E-state index in [2.05, 4.69) is 16.3 Å². The van der Waals surface area contributed by atoms with E-state index < -0.39 is 5.97 Å². The molecule has 4 nitrogen and oxygen atoms in total. The highest BCUT2D eigenvalue weighted by atomic mass is 16.5. The maximum atomic E-state index is 11.0. The van der Waals surface area contributed by atoms with E-state index in [9.17, 15) is 4.79 Å². The number of esters is 1. The molecule has 1 aromatic heterocycles. The van der Waals surface area contributed by atoms with Gasteiger partial charge in [-0.3, -0.25) is 0 Å². The van der Waals surface area contributed by atoms with Gasteiger partial charge in [0.05, 0.1) is 6.10 Å². The van der Waals surface area contributed by atoms with E-state index in [1.165, 1.54) is 6.20 Å². The van der Waals surface area contributed by atoms with Crippen molar-refractivity contribution in [1.82, 2.24) is 9.97 Å². The predicted octanol–water partition coefficient (Wildman–Crippen LogP) is 0.775. The Bertz CT molecular complexity index is 229. The van der Waals surface area contributed by atoms with Gasteiger partial charge in [0, 0.05) is 6.20 Å². The highest BCUT2D eigenvalue weighted by Crippen LogP contribution is 1.97. The first-order valence-corrected chi connectivity index (χ1v) is 3.32. The van der Waals surface area contributed by atoms with Crippen molar-refractivity contribution >= 4 is 5.97 Å². The molecule has 0 atom stereocenters. The Morgan fingerprint density at radius 1 is 1.82 bits per heavy atom. The van der Waals surface area contributed by atoms with Gasteiger partial charge in [-0.2, -0.15) is 0 Å². The van der Waals surface area contributed by atoms with Crippen LogP contribution < -0.4 is 0 Å². The van der Waals surface area contributed by atoms with Crippen molar-refractivity contribution in [3.8, 4) is 0 Å². The summed E-state index contributed by atoms with van der Waals surface area (Å²) in [5.41, 5.74) is 0.263. The van der Waals surface area contributed by atoms with Gasteiger partial charge in [0.2, 0.25) is 0 Å². The van der Waals surface area contributed by atoms with Crippen LogP contribution in [0.15, 0.2) is 6.20 Å². The lowest BCUT2D eigenvalue weighted by Gasteiger charge is -2.04. The van der Waals surface area contributed by atoms with Crippen LogP contribution in [0.1, 0.15) is 24.3 Å². The van der Waals surface area contributed by atoms with Crippen molar-refractivity contribution in [3.63, 3.8) is 0 Å². The maximum absolute atomic E-state index is 11.0. The van der Waals surface area contributed by atoms with E-state index in [0.717, 1.165) is 0 Å². The van der Waals surface area contributed by atoms with Crippen molar-refractivity contribution in [2.75, 3.05) is 0 Å². The van der Waals surface area contributed by atoms with Gasteiger partial charge in [0.25, 0.3) is 0 Å². The molecule has 0 spiro atoms. The first-order valence-electron chi connectivity index (χ1n) is 3.32. The fraction of sp³-hybridized carbons (Fsp3) is 0.429. The van der Waals surface area contributed by atoms with Gasteiger partial charge in [-0.05, 0) is 13.8 Å². The molecule has 1 N–H and O–H groups in total. The normalized spacial score (nSPS) is 10.1. The number of hydrogen-bond donors (Lipinski definition) is 1. The summed E-state index contributed by atoms with van der Waals surface area (Å²) < 4.78 is 4.85. The largest absolute Gasteiger partial charge is 0.458 e. The average Bonchev–Trinajstić information content (AvgIpc) is 2.35. The van der Waals surface area contributed by atoms with Gasteiger partial charge in [-0.15, -0.1) is 0 Å². The van der Waals surface area contributed by atoms with Crippen LogP contribution in [-0.4, -0.2) is 22.0 Å². The van der Waals surface area contributed by atoms with Gasteiger partial charge in [0.1, 0.15) is 0 Å². The van der Waals surface area contributed by atoms with Crippen molar-refractivity contribution < 1.29 is 9.53 Å². The number of hydrogen-bond acceptors (Lipinski definition) is 3. The summed E-state index contributed by atoms with van der Waals surface area (Å²) in [7, 11) is 0. The number of imidazole rings is 1. The number of aromatic amines is 1. The Balaban J connectivity index is 2.57. The maximum Gasteiger partial charge on any atom is 0.358 e. The highest BCUT2D eigenvalue weighted by molar-refractivity contribution is 5.86. The topological polar surface area (TPSA) is 55.0 Å². The van der Waals surface area contributed by atoms with E-state index >= 15 is 0 Å². The molecular formula is C7H9N2O2.